The third-order valence-corrected chi connectivity index (χ3v) is 6.48. The molecule has 26 heavy (non-hydrogen) atoms. The molecule has 0 radical (unpaired) electrons. The molecule has 2 aromatic carbocycles. The van der Waals surface area contributed by atoms with Gasteiger partial charge in [0, 0.05) is 18.0 Å². The minimum absolute atomic E-state index is 0.233. The Morgan fingerprint density at radius 1 is 1.08 bits per heavy atom. The van der Waals surface area contributed by atoms with Gasteiger partial charge in [-0.05, 0) is 61.1 Å². The van der Waals surface area contributed by atoms with Crippen LogP contribution in [0.2, 0.25) is 0 Å². The summed E-state index contributed by atoms with van der Waals surface area (Å²) in [5, 5.41) is 0. The minimum Gasteiger partial charge on any atom is -0.457 e. The first kappa shape index (κ1) is 17.5. The van der Waals surface area contributed by atoms with Crippen molar-refractivity contribution in [3.05, 3.63) is 59.7 Å². The summed E-state index contributed by atoms with van der Waals surface area (Å²) < 4.78 is 5.60. The van der Waals surface area contributed by atoms with Crippen LogP contribution in [0.4, 0.5) is 5.69 Å². The molecule has 2 fully saturated rings. The number of carbonyl (C=O) groups excluding carboxylic acids is 1. The number of anilines is 1. The zero-order chi connectivity index (χ0) is 18.0. The van der Waals surface area contributed by atoms with Crippen LogP contribution < -0.4 is 4.90 Å². The van der Waals surface area contributed by atoms with E-state index in [1.165, 1.54) is 30.6 Å². The van der Waals surface area contributed by atoms with Gasteiger partial charge >= 0.3 is 5.97 Å². The largest absolute Gasteiger partial charge is 0.457 e. The van der Waals surface area contributed by atoms with Crippen LogP contribution in [0.5, 0.6) is 0 Å². The highest BCUT2D eigenvalue weighted by Crippen LogP contribution is 2.54. The fraction of sp³-hybridized carbons (Fsp3) is 0.409. The van der Waals surface area contributed by atoms with Crippen molar-refractivity contribution >= 4 is 23.4 Å². The van der Waals surface area contributed by atoms with E-state index in [1.807, 2.05) is 42.5 Å². The lowest BCUT2D eigenvalue weighted by atomic mass is 9.93. The van der Waals surface area contributed by atoms with Gasteiger partial charge in [0.15, 0.2) is 0 Å². The smallest absolute Gasteiger partial charge is 0.340 e. The molecule has 2 aliphatic rings. The summed E-state index contributed by atoms with van der Waals surface area (Å²) in [5.41, 5.74) is 3.36. The highest BCUT2D eigenvalue weighted by molar-refractivity contribution is 7.98. The van der Waals surface area contributed by atoms with Crippen LogP contribution in [0.3, 0.4) is 0 Å². The molecular formula is C22H25NO2S. The van der Waals surface area contributed by atoms with E-state index in [4.69, 9.17) is 4.74 Å². The number of hydrogen-bond donors (Lipinski definition) is 0. The van der Waals surface area contributed by atoms with Gasteiger partial charge in [-0.2, -0.15) is 0 Å². The van der Waals surface area contributed by atoms with Crippen molar-refractivity contribution in [1.82, 2.24) is 0 Å². The second-order valence-corrected chi connectivity index (χ2v) is 8.31. The molecule has 1 aliphatic carbocycles. The summed E-state index contributed by atoms with van der Waals surface area (Å²) in [7, 11) is 0. The van der Waals surface area contributed by atoms with E-state index in [0.717, 1.165) is 24.3 Å². The van der Waals surface area contributed by atoms with E-state index >= 15 is 0 Å². The Morgan fingerprint density at radius 2 is 1.81 bits per heavy atom. The highest BCUT2D eigenvalue weighted by Gasteiger charge is 2.44. The minimum atomic E-state index is -0.233. The van der Waals surface area contributed by atoms with E-state index < -0.39 is 0 Å². The second-order valence-electron chi connectivity index (χ2n) is 7.43. The molecule has 0 N–H and O–H groups in total. The Morgan fingerprint density at radius 3 is 2.46 bits per heavy atom. The second kappa shape index (κ2) is 7.36. The van der Waals surface area contributed by atoms with Crippen molar-refractivity contribution < 1.29 is 9.53 Å². The van der Waals surface area contributed by atoms with Gasteiger partial charge < -0.3 is 9.64 Å². The summed E-state index contributed by atoms with van der Waals surface area (Å²) in [4.78, 5) is 16.3. The molecule has 0 atom stereocenters. The summed E-state index contributed by atoms with van der Waals surface area (Å²) in [5.74, 6) is -0.233. The molecule has 0 aromatic heterocycles. The van der Waals surface area contributed by atoms with Gasteiger partial charge in [-0.15, -0.1) is 11.8 Å². The average molecular weight is 368 g/mol. The Balaban J connectivity index is 1.51. The van der Waals surface area contributed by atoms with Crippen molar-refractivity contribution in [2.45, 2.75) is 37.2 Å². The van der Waals surface area contributed by atoms with Crippen LogP contribution in [0, 0.1) is 5.41 Å². The van der Waals surface area contributed by atoms with Crippen molar-refractivity contribution in [2.75, 3.05) is 24.2 Å². The highest BCUT2D eigenvalue weighted by atomic mass is 32.2. The molecule has 1 spiro atoms. The molecule has 1 heterocycles. The van der Waals surface area contributed by atoms with Crippen LogP contribution in [-0.4, -0.2) is 25.3 Å². The molecule has 0 unspecified atom stereocenters. The van der Waals surface area contributed by atoms with Crippen molar-refractivity contribution in [3.8, 4) is 0 Å². The molecule has 1 saturated carbocycles. The van der Waals surface area contributed by atoms with Gasteiger partial charge in [0.1, 0.15) is 6.61 Å². The number of hydrogen-bond acceptors (Lipinski definition) is 4. The maximum absolute atomic E-state index is 12.8. The quantitative estimate of drug-likeness (QED) is 0.540. The van der Waals surface area contributed by atoms with E-state index in [-0.39, 0.29) is 5.97 Å². The van der Waals surface area contributed by atoms with E-state index in [0.29, 0.717) is 17.6 Å². The predicted octanol–water partition coefficient (Wildman–Crippen LogP) is 5.15. The van der Waals surface area contributed by atoms with Gasteiger partial charge in [0.05, 0.1) is 11.3 Å². The number of nitrogens with zero attached hydrogens (tertiary/aromatic N) is 1. The average Bonchev–Trinajstić information content (AvgIpc) is 3.46. The summed E-state index contributed by atoms with van der Waals surface area (Å²) >= 11 is 1.71. The molecular weight excluding hydrogens is 342 g/mol. The van der Waals surface area contributed by atoms with Crippen LogP contribution in [0.25, 0.3) is 0 Å². The van der Waals surface area contributed by atoms with Crippen molar-refractivity contribution in [3.63, 3.8) is 0 Å². The van der Waals surface area contributed by atoms with Gasteiger partial charge in [0.25, 0.3) is 0 Å². The fourth-order valence-corrected chi connectivity index (χ4v) is 4.21. The molecule has 1 saturated heterocycles. The molecule has 2 aromatic rings. The Hall–Kier alpha value is -1.94. The zero-order valence-electron chi connectivity index (χ0n) is 15.2. The first-order valence-electron chi connectivity index (χ1n) is 9.33. The van der Waals surface area contributed by atoms with E-state index in [9.17, 15) is 4.79 Å². The first-order valence-corrected chi connectivity index (χ1v) is 10.6. The van der Waals surface area contributed by atoms with E-state index in [2.05, 4.69) is 17.2 Å². The molecule has 1 aliphatic heterocycles. The number of ether oxygens (including phenoxy) is 1. The first-order chi connectivity index (χ1) is 12.7. The third kappa shape index (κ3) is 3.75. The SMILES string of the molecule is CSc1ccc(C(=O)OCc2ccccc2)c(N2CCC3(CC2)CC3)c1. The normalized spacial score (nSPS) is 18.0. The standard InChI is InChI=1S/C22H25NO2S/c1-26-18-7-8-19(21(24)25-16-17-5-3-2-4-6-17)20(15-18)23-13-11-22(9-10-22)12-14-23/h2-8,15H,9-14,16H2,1H3. The van der Waals surface area contributed by atoms with Gasteiger partial charge in [-0.1, -0.05) is 30.3 Å². The number of benzene rings is 2. The number of rotatable bonds is 5. The molecule has 4 rings (SSSR count). The molecule has 3 nitrogen and oxygen atoms in total. The molecule has 0 bridgehead atoms. The number of piperidine rings is 1. The van der Waals surface area contributed by atoms with Crippen LogP contribution in [0.15, 0.2) is 53.4 Å². The van der Waals surface area contributed by atoms with Crippen molar-refractivity contribution in [2.24, 2.45) is 5.41 Å². The number of carbonyl (C=O) groups is 1. The Bertz CT molecular complexity index is 776. The summed E-state index contributed by atoms with van der Waals surface area (Å²) in [6.07, 6.45) is 7.33. The molecule has 0 amide bonds. The van der Waals surface area contributed by atoms with Gasteiger partial charge in [-0.3, -0.25) is 0 Å². The monoisotopic (exact) mass is 367 g/mol. The Kier molecular flexibility index (Phi) is 4.94. The predicted molar refractivity (Wildman–Crippen MR) is 107 cm³/mol. The fourth-order valence-electron chi connectivity index (χ4n) is 3.77. The number of esters is 1. The van der Waals surface area contributed by atoms with Crippen LogP contribution >= 0.6 is 11.8 Å². The topological polar surface area (TPSA) is 29.5 Å². The Labute approximate surface area is 159 Å². The van der Waals surface area contributed by atoms with Crippen LogP contribution in [0.1, 0.15) is 41.6 Å². The van der Waals surface area contributed by atoms with E-state index in [1.54, 1.807) is 11.8 Å². The summed E-state index contributed by atoms with van der Waals surface area (Å²) in [6, 6.07) is 15.9. The molecule has 136 valence electrons. The lowest BCUT2D eigenvalue weighted by molar-refractivity contribution is 0.0473. The third-order valence-electron chi connectivity index (χ3n) is 5.76. The van der Waals surface area contributed by atoms with Crippen LogP contribution in [-0.2, 0) is 11.3 Å². The lowest BCUT2D eigenvalue weighted by Gasteiger charge is -2.35. The van der Waals surface area contributed by atoms with Gasteiger partial charge in [-0.25, -0.2) is 4.79 Å². The maximum atomic E-state index is 12.8. The van der Waals surface area contributed by atoms with Crippen molar-refractivity contribution in [1.29, 1.82) is 0 Å². The maximum Gasteiger partial charge on any atom is 0.340 e. The van der Waals surface area contributed by atoms with Gasteiger partial charge in [0.2, 0.25) is 0 Å². The molecule has 4 heteroatoms. The summed E-state index contributed by atoms with van der Waals surface area (Å²) in [6.45, 7) is 2.39. The lowest BCUT2D eigenvalue weighted by Crippen LogP contribution is -2.35. The zero-order valence-corrected chi connectivity index (χ0v) is 16.1. The number of thioether (sulfide) groups is 1.